The highest BCUT2D eigenvalue weighted by molar-refractivity contribution is 6.00. The molecular weight excluding hydrogens is 243 g/mol. The van der Waals surface area contributed by atoms with Gasteiger partial charge in [0.1, 0.15) is 5.82 Å². The van der Waals surface area contributed by atoms with Crippen molar-refractivity contribution in [1.82, 2.24) is 0 Å². The third-order valence-electron chi connectivity index (χ3n) is 4.52. The van der Waals surface area contributed by atoms with Crippen molar-refractivity contribution in [2.45, 2.75) is 38.1 Å². The van der Waals surface area contributed by atoms with Crippen LogP contribution in [0, 0.1) is 11.2 Å². The fraction of sp³-hybridized carbons (Fsp3) is 0.533. The minimum absolute atomic E-state index is 0.130. The summed E-state index contributed by atoms with van der Waals surface area (Å²) in [4.78, 5) is 14.4. The van der Waals surface area contributed by atoms with Gasteiger partial charge in [-0.05, 0) is 43.9 Å². The number of benzene rings is 1. The molecule has 3 nitrogen and oxygen atoms in total. The van der Waals surface area contributed by atoms with Gasteiger partial charge < -0.3 is 10.6 Å². The highest BCUT2D eigenvalue weighted by atomic mass is 19.1. The molecule has 0 bridgehead atoms. The zero-order chi connectivity index (χ0) is 13.5. The Morgan fingerprint density at radius 1 is 1.37 bits per heavy atom. The van der Waals surface area contributed by atoms with Crippen LogP contribution in [-0.2, 0) is 4.79 Å². The van der Waals surface area contributed by atoms with E-state index in [-0.39, 0.29) is 23.2 Å². The number of amides is 1. The smallest absolute Gasteiger partial charge is 0.233 e. The van der Waals surface area contributed by atoms with Gasteiger partial charge in [-0.2, -0.15) is 0 Å². The summed E-state index contributed by atoms with van der Waals surface area (Å²) < 4.78 is 13.3. The molecule has 102 valence electrons. The van der Waals surface area contributed by atoms with Crippen LogP contribution in [0.4, 0.5) is 10.1 Å². The Hall–Kier alpha value is -1.42. The average molecular weight is 262 g/mol. The third-order valence-corrected chi connectivity index (χ3v) is 4.52. The van der Waals surface area contributed by atoms with Crippen molar-refractivity contribution in [3.63, 3.8) is 0 Å². The fourth-order valence-electron chi connectivity index (χ4n) is 3.54. The molecular formula is C15H19FN2O. The van der Waals surface area contributed by atoms with Crippen molar-refractivity contribution in [1.29, 1.82) is 0 Å². The highest BCUT2D eigenvalue weighted by Gasteiger charge is 2.48. The van der Waals surface area contributed by atoms with Crippen molar-refractivity contribution in [2.75, 3.05) is 11.4 Å². The van der Waals surface area contributed by atoms with E-state index in [1.807, 2.05) is 0 Å². The molecule has 2 aliphatic rings. The van der Waals surface area contributed by atoms with Crippen molar-refractivity contribution in [3.05, 3.63) is 30.1 Å². The molecule has 0 radical (unpaired) electrons. The number of hydrogen-bond donors (Lipinski definition) is 1. The van der Waals surface area contributed by atoms with E-state index >= 15 is 0 Å². The van der Waals surface area contributed by atoms with E-state index in [1.165, 1.54) is 12.1 Å². The molecule has 0 aromatic heterocycles. The molecule has 2 atom stereocenters. The zero-order valence-corrected chi connectivity index (χ0v) is 10.9. The lowest BCUT2D eigenvalue weighted by molar-refractivity contribution is -0.127. The van der Waals surface area contributed by atoms with E-state index in [2.05, 4.69) is 0 Å². The molecule has 1 saturated carbocycles. The summed E-state index contributed by atoms with van der Waals surface area (Å²) in [6, 6.07) is 6.40. The molecule has 1 heterocycles. The van der Waals surface area contributed by atoms with Crippen LogP contribution in [-0.4, -0.2) is 18.5 Å². The van der Waals surface area contributed by atoms with Crippen LogP contribution >= 0.6 is 0 Å². The molecule has 1 spiro atoms. The lowest BCUT2D eigenvalue weighted by atomic mass is 9.71. The van der Waals surface area contributed by atoms with E-state index in [0.29, 0.717) is 12.2 Å². The quantitative estimate of drug-likeness (QED) is 0.845. The SMILES string of the molecule is NC1CCCC2(CCN(c3cccc(F)c3)C2=O)C1. The molecule has 1 saturated heterocycles. The number of nitrogens with two attached hydrogens (primary N) is 1. The van der Waals surface area contributed by atoms with Crippen LogP contribution in [0.1, 0.15) is 32.1 Å². The Morgan fingerprint density at radius 2 is 2.21 bits per heavy atom. The van der Waals surface area contributed by atoms with Gasteiger partial charge in [-0.3, -0.25) is 4.79 Å². The lowest BCUT2D eigenvalue weighted by Crippen LogP contribution is -2.42. The van der Waals surface area contributed by atoms with Gasteiger partial charge in [0.15, 0.2) is 0 Å². The largest absolute Gasteiger partial charge is 0.328 e. The van der Waals surface area contributed by atoms with Gasteiger partial charge in [0, 0.05) is 18.3 Å². The Kier molecular flexibility index (Phi) is 3.05. The van der Waals surface area contributed by atoms with E-state index in [9.17, 15) is 9.18 Å². The molecule has 1 aromatic rings. The van der Waals surface area contributed by atoms with Crippen LogP contribution in [0.15, 0.2) is 24.3 Å². The second-order valence-electron chi connectivity index (χ2n) is 5.82. The second-order valence-corrected chi connectivity index (χ2v) is 5.82. The lowest BCUT2D eigenvalue weighted by Gasteiger charge is -2.35. The van der Waals surface area contributed by atoms with Crippen LogP contribution in [0.2, 0.25) is 0 Å². The summed E-state index contributed by atoms with van der Waals surface area (Å²) in [5, 5.41) is 0. The van der Waals surface area contributed by atoms with Crippen LogP contribution in [0.5, 0.6) is 0 Å². The molecule has 2 N–H and O–H groups in total. The third kappa shape index (κ3) is 2.14. The molecule has 2 fully saturated rings. The van der Waals surface area contributed by atoms with E-state index < -0.39 is 0 Å². The number of nitrogens with zero attached hydrogens (tertiary/aromatic N) is 1. The molecule has 1 amide bonds. The molecule has 1 aromatic carbocycles. The number of carbonyl (C=O) groups is 1. The van der Waals surface area contributed by atoms with Gasteiger partial charge in [-0.15, -0.1) is 0 Å². The Balaban J connectivity index is 1.86. The topological polar surface area (TPSA) is 46.3 Å². The van der Waals surface area contributed by atoms with Crippen molar-refractivity contribution in [3.8, 4) is 0 Å². The number of anilines is 1. The average Bonchev–Trinajstić information content (AvgIpc) is 2.67. The van der Waals surface area contributed by atoms with Crippen molar-refractivity contribution in [2.24, 2.45) is 11.1 Å². The maximum atomic E-state index is 13.3. The van der Waals surface area contributed by atoms with Gasteiger partial charge in [-0.25, -0.2) is 4.39 Å². The zero-order valence-electron chi connectivity index (χ0n) is 10.9. The highest BCUT2D eigenvalue weighted by Crippen LogP contribution is 2.45. The van der Waals surface area contributed by atoms with Gasteiger partial charge in [-0.1, -0.05) is 12.5 Å². The van der Waals surface area contributed by atoms with E-state index in [0.717, 1.165) is 32.1 Å². The summed E-state index contributed by atoms with van der Waals surface area (Å²) >= 11 is 0. The fourth-order valence-corrected chi connectivity index (χ4v) is 3.54. The summed E-state index contributed by atoms with van der Waals surface area (Å²) in [5.41, 5.74) is 6.41. The Morgan fingerprint density at radius 3 is 2.95 bits per heavy atom. The first-order valence-corrected chi connectivity index (χ1v) is 6.94. The summed E-state index contributed by atoms with van der Waals surface area (Å²) in [6.07, 6.45) is 4.57. The maximum absolute atomic E-state index is 13.3. The first kappa shape index (κ1) is 12.6. The second kappa shape index (κ2) is 4.60. The maximum Gasteiger partial charge on any atom is 0.233 e. The number of hydrogen-bond acceptors (Lipinski definition) is 2. The molecule has 2 unspecified atom stereocenters. The summed E-state index contributed by atoms with van der Waals surface area (Å²) in [6.45, 7) is 0.676. The Bertz CT molecular complexity index is 505. The van der Waals surface area contributed by atoms with Gasteiger partial charge in [0.05, 0.1) is 5.41 Å². The van der Waals surface area contributed by atoms with E-state index in [1.54, 1.807) is 17.0 Å². The van der Waals surface area contributed by atoms with Crippen molar-refractivity contribution < 1.29 is 9.18 Å². The minimum Gasteiger partial charge on any atom is -0.328 e. The number of rotatable bonds is 1. The molecule has 19 heavy (non-hydrogen) atoms. The predicted octanol–water partition coefficient (Wildman–Crippen LogP) is 2.45. The van der Waals surface area contributed by atoms with E-state index in [4.69, 9.17) is 5.73 Å². The first-order chi connectivity index (χ1) is 9.11. The summed E-state index contributed by atoms with van der Waals surface area (Å²) in [5.74, 6) is -0.167. The van der Waals surface area contributed by atoms with Gasteiger partial charge in [0.25, 0.3) is 0 Å². The standard InChI is InChI=1S/C15H19FN2O/c16-11-3-1-5-13(9-11)18-8-7-15(14(18)19)6-2-4-12(17)10-15/h1,3,5,9,12H,2,4,6-8,10,17H2. The Labute approximate surface area is 112 Å². The summed E-state index contributed by atoms with van der Waals surface area (Å²) in [7, 11) is 0. The van der Waals surface area contributed by atoms with Crippen LogP contribution < -0.4 is 10.6 Å². The number of carbonyl (C=O) groups excluding carboxylic acids is 1. The minimum atomic E-state index is -0.299. The normalized spacial score (nSPS) is 31.2. The monoisotopic (exact) mass is 262 g/mol. The predicted molar refractivity (Wildman–Crippen MR) is 72.2 cm³/mol. The van der Waals surface area contributed by atoms with Gasteiger partial charge in [0.2, 0.25) is 5.91 Å². The first-order valence-electron chi connectivity index (χ1n) is 6.94. The molecule has 1 aliphatic carbocycles. The van der Waals surface area contributed by atoms with Crippen molar-refractivity contribution >= 4 is 11.6 Å². The molecule has 4 heteroatoms. The van der Waals surface area contributed by atoms with Crippen LogP contribution in [0.25, 0.3) is 0 Å². The molecule has 1 aliphatic heterocycles. The van der Waals surface area contributed by atoms with Crippen LogP contribution in [0.3, 0.4) is 0 Å². The molecule has 3 rings (SSSR count). The number of halogens is 1. The van der Waals surface area contributed by atoms with Gasteiger partial charge >= 0.3 is 0 Å².